The molecule has 0 aromatic heterocycles. The molecule has 0 saturated heterocycles. The highest BCUT2D eigenvalue weighted by Gasteiger charge is 2.49. The summed E-state index contributed by atoms with van der Waals surface area (Å²) in [5, 5.41) is 10.0. The number of carboxylic acids is 1. The molecule has 0 bridgehead atoms. The Morgan fingerprint density at radius 2 is 1.28 bits per heavy atom. The summed E-state index contributed by atoms with van der Waals surface area (Å²) < 4.78 is 0. The SMILES string of the molecule is CC1(C)CC(=O)C2=C(C1)N(c1ccc(C(=O)O)cc1)C1=C(C(=O)CC(C)(C)C1)C2c1ccc(Cl)cc1. The average Bonchev–Trinajstić information content (AvgIpc) is 2.77. The van der Waals surface area contributed by atoms with Crippen LogP contribution in [-0.2, 0) is 9.59 Å². The minimum atomic E-state index is -0.995. The number of carbonyl (C=O) groups is 3. The van der Waals surface area contributed by atoms with Gasteiger partial charge in [-0.05, 0) is 65.6 Å². The zero-order valence-electron chi connectivity index (χ0n) is 21.0. The first-order valence-electron chi connectivity index (χ1n) is 12.3. The number of hydrogen-bond acceptors (Lipinski definition) is 4. The second kappa shape index (κ2) is 8.45. The van der Waals surface area contributed by atoms with Crippen molar-refractivity contribution in [1.29, 1.82) is 0 Å². The maximum absolute atomic E-state index is 13.8. The van der Waals surface area contributed by atoms with Gasteiger partial charge in [-0.25, -0.2) is 4.79 Å². The van der Waals surface area contributed by atoms with Crippen LogP contribution in [0.5, 0.6) is 0 Å². The van der Waals surface area contributed by atoms with Crippen LogP contribution >= 0.6 is 11.6 Å². The highest BCUT2D eigenvalue weighted by molar-refractivity contribution is 6.30. The number of carbonyl (C=O) groups excluding carboxylic acids is 2. The molecule has 2 aromatic carbocycles. The van der Waals surface area contributed by atoms with E-state index in [0.717, 1.165) is 22.6 Å². The summed E-state index contributed by atoms with van der Waals surface area (Å²) in [6, 6.07) is 14.2. The Balaban J connectivity index is 1.80. The Morgan fingerprint density at radius 3 is 1.72 bits per heavy atom. The number of benzene rings is 2. The normalized spacial score (nSPS) is 21.4. The van der Waals surface area contributed by atoms with Crippen molar-refractivity contribution in [3.8, 4) is 0 Å². The molecule has 36 heavy (non-hydrogen) atoms. The van der Waals surface area contributed by atoms with Crippen molar-refractivity contribution >= 4 is 34.8 Å². The maximum atomic E-state index is 13.8. The van der Waals surface area contributed by atoms with Crippen molar-refractivity contribution < 1.29 is 19.5 Å². The quantitative estimate of drug-likeness (QED) is 0.491. The fourth-order valence-corrected chi connectivity index (χ4v) is 6.14. The first kappa shape index (κ1) is 24.5. The first-order chi connectivity index (χ1) is 16.9. The van der Waals surface area contributed by atoms with Crippen LogP contribution in [-0.4, -0.2) is 22.6 Å². The fraction of sp³-hybridized carbons (Fsp3) is 0.367. The number of aromatic carboxylic acids is 1. The summed E-state index contributed by atoms with van der Waals surface area (Å²) >= 11 is 6.19. The lowest BCUT2D eigenvalue weighted by molar-refractivity contribution is -0.119. The third-order valence-electron chi connectivity index (χ3n) is 7.49. The number of halogens is 1. The van der Waals surface area contributed by atoms with E-state index in [1.165, 1.54) is 0 Å². The molecule has 0 unspecified atom stereocenters. The molecule has 0 radical (unpaired) electrons. The number of anilines is 1. The summed E-state index contributed by atoms with van der Waals surface area (Å²) in [7, 11) is 0. The molecular weight excluding hydrogens is 474 g/mol. The minimum absolute atomic E-state index is 0.0533. The van der Waals surface area contributed by atoms with Crippen molar-refractivity contribution in [2.45, 2.75) is 59.3 Å². The van der Waals surface area contributed by atoms with Crippen LogP contribution in [0.15, 0.2) is 71.1 Å². The van der Waals surface area contributed by atoms with E-state index in [-0.39, 0.29) is 28.0 Å². The zero-order chi connectivity index (χ0) is 26.0. The molecule has 2 aromatic rings. The van der Waals surface area contributed by atoms with Gasteiger partial charge in [0, 0.05) is 52.0 Å². The van der Waals surface area contributed by atoms with Crippen LogP contribution in [0.4, 0.5) is 5.69 Å². The number of Topliss-reactive ketones (excluding diaryl/α,β-unsaturated/α-hetero) is 2. The largest absolute Gasteiger partial charge is 0.478 e. The smallest absolute Gasteiger partial charge is 0.335 e. The second-order valence-corrected chi connectivity index (χ2v) is 12.2. The summed E-state index contributed by atoms with van der Waals surface area (Å²) in [5.74, 6) is -1.32. The summed E-state index contributed by atoms with van der Waals surface area (Å²) in [6.45, 7) is 8.38. The van der Waals surface area contributed by atoms with Crippen LogP contribution in [0.1, 0.15) is 75.2 Å². The Labute approximate surface area is 216 Å². The molecule has 1 aliphatic heterocycles. The van der Waals surface area contributed by atoms with Crippen LogP contribution in [0, 0.1) is 10.8 Å². The molecule has 186 valence electrons. The van der Waals surface area contributed by atoms with E-state index in [4.69, 9.17) is 11.6 Å². The second-order valence-electron chi connectivity index (χ2n) is 11.8. The van der Waals surface area contributed by atoms with E-state index in [0.29, 0.717) is 41.9 Å². The Morgan fingerprint density at radius 1 is 0.806 bits per heavy atom. The zero-order valence-corrected chi connectivity index (χ0v) is 21.8. The molecule has 5 rings (SSSR count). The molecule has 0 spiro atoms. The van der Waals surface area contributed by atoms with Crippen molar-refractivity contribution in [3.63, 3.8) is 0 Å². The molecule has 0 saturated carbocycles. The van der Waals surface area contributed by atoms with Crippen molar-refractivity contribution in [2.24, 2.45) is 10.8 Å². The van der Waals surface area contributed by atoms with Gasteiger partial charge in [-0.2, -0.15) is 0 Å². The lowest BCUT2D eigenvalue weighted by Gasteiger charge is -2.49. The van der Waals surface area contributed by atoms with Gasteiger partial charge in [0.25, 0.3) is 0 Å². The lowest BCUT2D eigenvalue weighted by atomic mass is 9.63. The molecule has 0 amide bonds. The van der Waals surface area contributed by atoms with Gasteiger partial charge in [0.2, 0.25) is 0 Å². The molecular formula is C30H30ClNO4. The van der Waals surface area contributed by atoms with Gasteiger partial charge in [-0.15, -0.1) is 0 Å². The maximum Gasteiger partial charge on any atom is 0.335 e. The number of carboxylic acid groups (broad SMARTS) is 1. The molecule has 2 aliphatic carbocycles. The van der Waals surface area contributed by atoms with Crippen LogP contribution < -0.4 is 4.90 Å². The van der Waals surface area contributed by atoms with Gasteiger partial charge >= 0.3 is 5.97 Å². The summed E-state index contributed by atoms with van der Waals surface area (Å²) in [4.78, 5) is 41.2. The van der Waals surface area contributed by atoms with E-state index in [1.807, 2.05) is 24.3 Å². The third-order valence-corrected chi connectivity index (χ3v) is 7.74. The first-order valence-corrected chi connectivity index (χ1v) is 12.7. The summed E-state index contributed by atoms with van der Waals surface area (Å²) in [6.07, 6.45) is 2.16. The van der Waals surface area contributed by atoms with E-state index < -0.39 is 11.9 Å². The highest BCUT2D eigenvalue weighted by Crippen LogP contribution is 2.55. The van der Waals surface area contributed by atoms with Crippen molar-refractivity contribution in [2.75, 3.05) is 4.90 Å². The fourth-order valence-electron chi connectivity index (χ4n) is 6.02. The van der Waals surface area contributed by atoms with Gasteiger partial charge < -0.3 is 10.0 Å². The third kappa shape index (κ3) is 4.20. The molecule has 6 heteroatoms. The van der Waals surface area contributed by atoms with Crippen LogP contribution in [0.2, 0.25) is 5.02 Å². The standard InChI is InChI=1S/C30H30ClNO4/c1-29(2)13-21-26(23(33)15-29)25(17-5-9-19(31)10-6-17)27-22(14-30(3,4)16-24(27)34)32(21)20-11-7-18(8-12-20)28(35)36/h5-12,25H,13-16H2,1-4H3,(H,35,36). The average molecular weight is 504 g/mol. The number of hydrogen-bond donors (Lipinski definition) is 1. The molecule has 0 fully saturated rings. The van der Waals surface area contributed by atoms with Gasteiger partial charge in [-0.3, -0.25) is 9.59 Å². The Bertz CT molecular complexity index is 1290. The Hall–Kier alpha value is -3.18. The topological polar surface area (TPSA) is 74.7 Å². The lowest BCUT2D eigenvalue weighted by Crippen LogP contribution is -2.44. The molecule has 5 nitrogen and oxygen atoms in total. The van der Waals surface area contributed by atoms with Crippen molar-refractivity contribution in [1.82, 2.24) is 0 Å². The highest BCUT2D eigenvalue weighted by atomic mass is 35.5. The number of rotatable bonds is 3. The van der Waals surface area contributed by atoms with Gasteiger partial charge in [0.05, 0.1) is 5.56 Å². The minimum Gasteiger partial charge on any atom is -0.478 e. The number of nitrogens with zero attached hydrogens (tertiary/aromatic N) is 1. The van der Waals surface area contributed by atoms with Gasteiger partial charge in [0.1, 0.15) is 0 Å². The van der Waals surface area contributed by atoms with E-state index in [1.54, 1.807) is 24.3 Å². The van der Waals surface area contributed by atoms with Gasteiger partial charge in [-0.1, -0.05) is 51.4 Å². The predicted molar refractivity (Wildman–Crippen MR) is 140 cm³/mol. The van der Waals surface area contributed by atoms with Crippen molar-refractivity contribution in [3.05, 3.63) is 87.2 Å². The van der Waals surface area contributed by atoms with Crippen LogP contribution in [0.25, 0.3) is 0 Å². The van der Waals surface area contributed by atoms with Crippen LogP contribution in [0.3, 0.4) is 0 Å². The number of ketones is 2. The summed E-state index contributed by atoms with van der Waals surface area (Å²) in [5.41, 5.74) is 4.52. The number of allylic oxidation sites excluding steroid dienone is 4. The monoisotopic (exact) mass is 503 g/mol. The molecule has 3 aliphatic rings. The molecule has 1 heterocycles. The molecule has 0 atom stereocenters. The van der Waals surface area contributed by atoms with Gasteiger partial charge in [0.15, 0.2) is 11.6 Å². The predicted octanol–water partition coefficient (Wildman–Crippen LogP) is 6.93. The van der Waals surface area contributed by atoms with E-state index >= 15 is 0 Å². The van der Waals surface area contributed by atoms with E-state index in [9.17, 15) is 19.5 Å². The molecule has 1 N–H and O–H groups in total. The Kier molecular flexibility index (Phi) is 5.75. The van der Waals surface area contributed by atoms with E-state index in [2.05, 4.69) is 32.6 Å².